The summed E-state index contributed by atoms with van der Waals surface area (Å²) in [6.07, 6.45) is 0.139. The van der Waals surface area contributed by atoms with Crippen LogP contribution in [0, 0.1) is 0 Å². The van der Waals surface area contributed by atoms with E-state index in [1.165, 1.54) is 29.8 Å². The zero-order valence-corrected chi connectivity index (χ0v) is 20.0. The van der Waals surface area contributed by atoms with Crippen molar-refractivity contribution in [1.82, 2.24) is 14.6 Å². The SMILES string of the molecule is COc1ccccc1CNC(=O)[C@H](Cc1ccccc1)NS(=O)(=O)c1ccc2c(c1)oc(=O)n2C. The molecule has 0 unspecified atom stereocenters. The molecule has 4 aromatic rings. The van der Waals surface area contributed by atoms with Crippen molar-refractivity contribution < 1.29 is 22.4 Å². The highest BCUT2D eigenvalue weighted by molar-refractivity contribution is 7.89. The largest absolute Gasteiger partial charge is 0.496 e. The van der Waals surface area contributed by atoms with Gasteiger partial charge in [0.1, 0.15) is 11.8 Å². The van der Waals surface area contributed by atoms with Gasteiger partial charge in [-0.2, -0.15) is 4.72 Å². The maximum Gasteiger partial charge on any atom is 0.419 e. The number of methoxy groups -OCH3 is 1. The fraction of sp³-hybridized carbons (Fsp3) is 0.200. The number of aromatic nitrogens is 1. The van der Waals surface area contributed by atoms with E-state index in [2.05, 4.69) is 10.0 Å². The molecule has 0 aliphatic heterocycles. The summed E-state index contributed by atoms with van der Waals surface area (Å²) in [6.45, 7) is 0.164. The molecule has 0 fully saturated rings. The van der Waals surface area contributed by atoms with E-state index in [1.54, 1.807) is 13.2 Å². The predicted molar refractivity (Wildman–Crippen MR) is 131 cm³/mol. The first-order valence-corrected chi connectivity index (χ1v) is 12.3. The number of nitrogens with one attached hydrogen (secondary N) is 2. The number of benzene rings is 3. The highest BCUT2D eigenvalue weighted by Gasteiger charge is 2.27. The number of hydrogen-bond acceptors (Lipinski definition) is 6. The van der Waals surface area contributed by atoms with E-state index in [0.717, 1.165) is 11.1 Å². The van der Waals surface area contributed by atoms with Gasteiger partial charge in [0.25, 0.3) is 0 Å². The van der Waals surface area contributed by atoms with Gasteiger partial charge >= 0.3 is 5.76 Å². The normalized spacial score (nSPS) is 12.4. The van der Waals surface area contributed by atoms with Crippen LogP contribution in [0.1, 0.15) is 11.1 Å². The Bertz CT molecular complexity index is 1510. The lowest BCUT2D eigenvalue weighted by Crippen LogP contribution is -2.47. The van der Waals surface area contributed by atoms with Crippen LogP contribution in [0.25, 0.3) is 11.1 Å². The molecule has 0 aliphatic carbocycles. The van der Waals surface area contributed by atoms with E-state index < -0.39 is 27.7 Å². The molecule has 2 N–H and O–H groups in total. The average Bonchev–Trinajstić information content (AvgIpc) is 3.15. The molecule has 0 spiro atoms. The van der Waals surface area contributed by atoms with Crippen molar-refractivity contribution in [2.75, 3.05) is 7.11 Å². The Balaban J connectivity index is 1.59. The van der Waals surface area contributed by atoms with Gasteiger partial charge in [-0.15, -0.1) is 0 Å². The Morgan fingerprint density at radius 1 is 1.06 bits per heavy atom. The predicted octanol–water partition coefficient (Wildman–Crippen LogP) is 2.35. The summed E-state index contributed by atoms with van der Waals surface area (Å²) in [4.78, 5) is 24.8. The molecule has 1 amide bonds. The van der Waals surface area contributed by atoms with E-state index in [9.17, 15) is 18.0 Å². The van der Waals surface area contributed by atoms with Crippen molar-refractivity contribution in [3.63, 3.8) is 0 Å². The number of fused-ring (bicyclic) bond motifs is 1. The summed E-state index contributed by atoms with van der Waals surface area (Å²) in [5.41, 5.74) is 2.15. The van der Waals surface area contributed by atoms with E-state index in [-0.39, 0.29) is 23.4 Å². The number of nitrogens with zero attached hydrogens (tertiary/aromatic N) is 1. The van der Waals surface area contributed by atoms with Crippen LogP contribution in [0.4, 0.5) is 0 Å². The number of sulfonamides is 1. The van der Waals surface area contributed by atoms with Crippen molar-refractivity contribution in [3.8, 4) is 5.75 Å². The van der Waals surface area contributed by atoms with Crippen molar-refractivity contribution in [2.24, 2.45) is 7.05 Å². The van der Waals surface area contributed by atoms with Crippen molar-refractivity contribution in [1.29, 1.82) is 0 Å². The Kier molecular flexibility index (Phi) is 7.04. The third-order valence-corrected chi connectivity index (χ3v) is 7.09. The minimum absolute atomic E-state index is 0.116. The number of aryl methyl sites for hydroxylation is 1. The second kappa shape index (κ2) is 10.2. The van der Waals surface area contributed by atoms with Crippen LogP contribution in [-0.4, -0.2) is 32.0 Å². The van der Waals surface area contributed by atoms with E-state index in [0.29, 0.717) is 11.3 Å². The smallest absolute Gasteiger partial charge is 0.419 e. The number of hydrogen-bond donors (Lipinski definition) is 2. The van der Waals surface area contributed by atoms with Gasteiger partial charge in [-0.05, 0) is 30.2 Å². The van der Waals surface area contributed by atoms with Gasteiger partial charge in [-0.3, -0.25) is 9.36 Å². The fourth-order valence-electron chi connectivity index (χ4n) is 3.73. The summed E-state index contributed by atoms with van der Waals surface area (Å²) < 4.78 is 40.6. The second-order valence-electron chi connectivity index (χ2n) is 7.95. The molecule has 0 saturated carbocycles. The standard InChI is InChI=1S/C25H25N3O6S/c1-28-21-13-12-19(15-23(21)34-25(28)30)35(31,32)27-20(14-17-8-4-3-5-9-17)24(29)26-16-18-10-6-7-11-22(18)33-2/h3-13,15,20,27H,14,16H2,1-2H3,(H,26,29)/t20-/m0/s1. The Morgan fingerprint density at radius 2 is 1.77 bits per heavy atom. The number of carbonyl (C=O) groups excluding carboxylic acids is 1. The Labute approximate surface area is 202 Å². The molecule has 0 radical (unpaired) electrons. The number of amides is 1. The van der Waals surface area contributed by atoms with Crippen LogP contribution in [0.15, 0.2) is 86.9 Å². The highest BCUT2D eigenvalue weighted by Crippen LogP contribution is 2.19. The van der Waals surface area contributed by atoms with Crippen molar-refractivity contribution in [3.05, 3.63) is 94.5 Å². The first kappa shape index (κ1) is 24.2. The maximum absolute atomic E-state index is 13.2. The molecular weight excluding hydrogens is 470 g/mol. The molecule has 35 heavy (non-hydrogen) atoms. The quantitative estimate of drug-likeness (QED) is 0.368. The van der Waals surface area contributed by atoms with Gasteiger partial charge in [-0.1, -0.05) is 48.5 Å². The minimum Gasteiger partial charge on any atom is -0.496 e. The molecule has 1 aromatic heterocycles. The number of rotatable bonds is 9. The summed E-state index contributed by atoms with van der Waals surface area (Å²) in [7, 11) is -1.05. The van der Waals surface area contributed by atoms with Gasteiger partial charge in [-0.25, -0.2) is 13.2 Å². The molecule has 3 aromatic carbocycles. The van der Waals surface area contributed by atoms with Gasteiger partial charge in [0.05, 0.1) is 17.5 Å². The Hall–Kier alpha value is -3.89. The second-order valence-corrected chi connectivity index (χ2v) is 9.66. The van der Waals surface area contributed by atoms with E-state index >= 15 is 0 Å². The third kappa shape index (κ3) is 5.44. The minimum atomic E-state index is -4.12. The average molecular weight is 496 g/mol. The van der Waals surface area contributed by atoms with Gasteiger partial charge in [0.2, 0.25) is 15.9 Å². The van der Waals surface area contributed by atoms with Crippen LogP contribution >= 0.6 is 0 Å². The molecule has 4 rings (SSSR count). The Morgan fingerprint density at radius 3 is 2.51 bits per heavy atom. The molecular formula is C25H25N3O6S. The number of oxazole rings is 1. The molecule has 0 saturated heterocycles. The maximum atomic E-state index is 13.2. The van der Waals surface area contributed by atoms with Crippen LogP contribution in [-0.2, 0) is 34.8 Å². The summed E-state index contributed by atoms with van der Waals surface area (Å²) in [6, 6.07) is 19.4. The first-order valence-electron chi connectivity index (χ1n) is 10.8. The molecule has 182 valence electrons. The molecule has 0 bridgehead atoms. The number of ether oxygens (including phenoxy) is 1. The fourth-order valence-corrected chi connectivity index (χ4v) is 4.94. The van der Waals surface area contributed by atoms with Crippen LogP contribution in [0.5, 0.6) is 5.75 Å². The third-order valence-electron chi connectivity index (χ3n) is 5.62. The number of para-hydroxylation sites is 1. The monoisotopic (exact) mass is 495 g/mol. The molecule has 10 heteroatoms. The van der Waals surface area contributed by atoms with Gasteiger partial charge < -0.3 is 14.5 Å². The van der Waals surface area contributed by atoms with E-state index in [1.807, 2.05) is 48.5 Å². The molecule has 9 nitrogen and oxygen atoms in total. The lowest BCUT2D eigenvalue weighted by molar-refractivity contribution is -0.122. The van der Waals surface area contributed by atoms with Crippen LogP contribution < -0.4 is 20.5 Å². The summed E-state index contributed by atoms with van der Waals surface area (Å²) in [5.74, 6) is -0.471. The number of carbonyl (C=O) groups is 1. The molecule has 1 atom stereocenters. The molecule has 0 aliphatic rings. The topological polar surface area (TPSA) is 120 Å². The molecule has 1 heterocycles. The van der Waals surface area contributed by atoms with E-state index in [4.69, 9.17) is 9.15 Å². The lowest BCUT2D eigenvalue weighted by atomic mass is 10.1. The highest BCUT2D eigenvalue weighted by atomic mass is 32.2. The first-order chi connectivity index (χ1) is 16.8. The van der Waals surface area contributed by atoms with Gasteiger partial charge in [0, 0.05) is 25.2 Å². The van der Waals surface area contributed by atoms with Crippen molar-refractivity contribution in [2.45, 2.75) is 23.9 Å². The summed E-state index contributed by atoms with van der Waals surface area (Å²) in [5, 5.41) is 2.80. The summed E-state index contributed by atoms with van der Waals surface area (Å²) >= 11 is 0. The zero-order valence-electron chi connectivity index (χ0n) is 19.2. The van der Waals surface area contributed by atoms with Crippen LogP contribution in [0.3, 0.4) is 0 Å². The van der Waals surface area contributed by atoms with Crippen LogP contribution in [0.2, 0.25) is 0 Å². The zero-order chi connectivity index (χ0) is 25.0. The lowest BCUT2D eigenvalue weighted by Gasteiger charge is -2.19. The van der Waals surface area contributed by atoms with Gasteiger partial charge in [0.15, 0.2) is 5.58 Å². The van der Waals surface area contributed by atoms with Crippen molar-refractivity contribution >= 4 is 27.0 Å².